The number of methoxy groups -OCH3 is 1. The molecule has 25 heavy (non-hydrogen) atoms. The Morgan fingerprint density at radius 1 is 1.12 bits per heavy atom. The Bertz CT molecular complexity index is 891. The molecule has 11 heteroatoms. The van der Waals surface area contributed by atoms with Crippen molar-refractivity contribution in [1.82, 2.24) is 4.72 Å². The summed E-state index contributed by atoms with van der Waals surface area (Å²) >= 11 is 0. The third-order valence-corrected chi connectivity index (χ3v) is 5.94. The highest BCUT2D eigenvalue weighted by atomic mass is 32.2. The molecule has 1 aliphatic heterocycles. The smallest absolute Gasteiger partial charge is 0.244 e. The molecule has 0 radical (unpaired) electrons. The number of carbonyl (C=O) groups excluding carboxylic acids is 2. The van der Waals surface area contributed by atoms with Crippen LogP contribution in [0.2, 0.25) is 0 Å². The molecule has 1 fully saturated rings. The number of sulfonamides is 1. The highest BCUT2D eigenvalue weighted by molar-refractivity contribution is 7.91. The number of hydrogen-bond acceptors (Lipinski definition) is 7. The zero-order valence-electron chi connectivity index (χ0n) is 13.7. The van der Waals surface area contributed by atoms with Gasteiger partial charge in [0.2, 0.25) is 21.8 Å². The maximum atomic E-state index is 12.5. The first-order valence-corrected chi connectivity index (χ1v) is 10.8. The van der Waals surface area contributed by atoms with E-state index in [9.17, 15) is 26.4 Å². The summed E-state index contributed by atoms with van der Waals surface area (Å²) in [5.41, 5.74) is 0.122. The molecule has 1 aromatic rings. The van der Waals surface area contributed by atoms with E-state index in [0.29, 0.717) is 0 Å². The summed E-state index contributed by atoms with van der Waals surface area (Å²) in [6.45, 7) is -0.309. The monoisotopic (exact) mass is 390 g/mol. The number of amides is 2. The van der Waals surface area contributed by atoms with Crippen LogP contribution in [0.25, 0.3) is 0 Å². The molecule has 138 valence electrons. The van der Waals surface area contributed by atoms with Gasteiger partial charge < -0.3 is 4.74 Å². The van der Waals surface area contributed by atoms with Crippen molar-refractivity contribution < 1.29 is 31.2 Å². The Morgan fingerprint density at radius 3 is 2.24 bits per heavy atom. The Labute approximate surface area is 145 Å². The maximum Gasteiger partial charge on any atom is 0.244 e. The molecular weight excluding hydrogens is 372 g/mol. The number of ether oxygens (including phenoxy) is 1. The molecule has 2 amide bonds. The fraction of sp³-hybridized carbons (Fsp3) is 0.429. The van der Waals surface area contributed by atoms with Crippen LogP contribution in [-0.4, -0.2) is 54.3 Å². The van der Waals surface area contributed by atoms with E-state index < -0.39 is 31.7 Å². The summed E-state index contributed by atoms with van der Waals surface area (Å²) in [7, 11) is -6.16. The minimum absolute atomic E-state index is 0.00898. The summed E-state index contributed by atoms with van der Waals surface area (Å²) in [5.74, 6) is -1.18. The first-order chi connectivity index (χ1) is 11.5. The second-order valence-corrected chi connectivity index (χ2v) is 9.48. The topological polar surface area (TPSA) is 127 Å². The standard InChI is InChI=1S/C14H18N2O7S2/c1-23-11-4-3-10(16-13(17)5-6-14(16)18)9-12(11)25(21,22)15-7-8-24(2,19)20/h3-4,9,15H,5-8H2,1-2H3. The lowest BCUT2D eigenvalue weighted by Crippen LogP contribution is -2.31. The van der Waals surface area contributed by atoms with Crippen LogP contribution >= 0.6 is 0 Å². The van der Waals surface area contributed by atoms with Gasteiger partial charge >= 0.3 is 0 Å². The molecule has 2 rings (SSSR count). The van der Waals surface area contributed by atoms with Crippen molar-refractivity contribution in [2.24, 2.45) is 0 Å². The van der Waals surface area contributed by atoms with Gasteiger partial charge in [0, 0.05) is 25.6 Å². The first-order valence-electron chi connectivity index (χ1n) is 7.26. The fourth-order valence-electron chi connectivity index (χ4n) is 2.32. The van der Waals surface area contributed by atoms with E-state index >= 15 is 0 Å². The molecule has 1 aliphatic rings. The summed E-state index contributed by atoms with van der Waals surface area (Å²) in [5, 5.41) is 0. The van der Waals surface area contributed by atoms with Crippen molar-refractivity contribution in [3.8, 4) is 5.75 Å². The van der Waals surface area contributed by atoms with E-state index in [1.165, 1.54) is 19.2 Å². The van der Waals surface area contributed by atoms with Gasteiger partial charge in [-0.3, -0.25) is 14.5 Å². The predicted molar refractivity (Wildman–Crippen MR) is 89.6 cm³/mol. The molecule has 0 aliphatic carbocycles. The van der Waals surface area contributed by atoms with Crippen LogP contribution in [0, 0.1) is 0 Å². The lowest BCUT2D eigenvalue weighted by molar-refractivity contribution is -0.121. The largest absolute Gasteiger partial charge is 0.495 e. The van der Waals surface area contributed by atoms with Gasteiger partial charge in [0.1, 0.15) is 20.5 Å². The predicted octanol–water partition coefficient (Wildman–Crippen LogP) is -0.328. The molecule has 1 N–H and O–H groups in total. The Morgan fingerprint density at radius 2 is 1.72 bits per heavy atom. The van der Waals surface area contributed by atoms with Crippen LogP contribution in [0.1, 0.15) is 12.8 Å². The first kappa shape index (κ1) is 19.3. The Kier molecular flexibility index (Phi) is 5.49. The number of nitrogens with zero attached hydrogens (tertiary/aromatic N) is 1. The lowest BCUT2D eigenvalue weighted by Gasteiger charge is -2.17. The van der Waals surface area contributed by atoms with Gasteiger partial charge in [-0.05, 0) is 18.2 Å². The second kappa shape index (κ2) is 7.10. The molecular formula is C14H18N2O7S2. The van der Waals surface area contributed by atoms with Crippen LogP contribution in [0.3, 0.4) is 0 Å². The summed E-state index contributed by atoms with van der Waals surface area (Å²) in [4.78, 5) is 24.3. The van der Waals surface area contributed by atoms with Gasteiger partial charge in [-0.15, -0.1) is 0 Å². The zero-order valence-corrected chi connectivity index (χ0v) is 15.3. The Balaban J connectivity index is 2.36. The minimum atomic E-state index is -4.10. The van der Waals surface area contributed by atoms with Crippen LogP contribution < -0.4 is 14.4 Å². The number of anilines is 1. The molecule has 9 nitrogen and oxygen atoms in total. The fourth-order valence-corrected chi connectivity index (χ4v) is 4.14. The number of sulfone groups is 1. The van der Waals surface area contributed by atoms with Gasteiger partial charge in [0.25, 0.3) is 0 Å². The molecule has 0 bridgehead atoms. The molecule has 1 aromatic carbocycles. The molecule has 1 saturated heterocycles. The van der Waals surface area contributed by atoms with Gasteiger partial charge in [0.05, 0.1) is 18.6 Å². The highest BCUT2D eigenvalue weighted by Crippen LogP contribution is 2.31. The molecule has 1 heterocycles. The van der Waals surface area contributed by atoms with Crippen LogP contribution in [0.15, 0.2) is 23.1 Å². The zero-order chi connectivity index (χ0) is 18.8. The normalized spacial score (nSPS) is 15.7. The highest BCUT2D eigenvalue weighted by Gasteiger charge is 2.32. The number of hydrogen-bond donors (Lipinski definition) is 1. The molecule has 0 atom stereocenters. The number of rotatable bonds is 7. The molecule has 0 aromatic heterocycles. The quantitative estimate of drug-likeness (QED) is 0.632. The van der Waals surface area contributed by atoms with Crippen molar-refractivity contribution >= 4 is 37.4 Å². The van der Waals surface area contributed by atoms with Crippen LogP contribution in [0.5, 0.6) is 5.75 Å². The van der Waals surface area contributed by atoms with Gasteiger partial charge in [-0.2, -0.15) is 0 Å². The summed E-state index contributed by atoms with van der Waals surface area (Å²) < 4.78 is 54.4. The van der Waals surface area contributed by atoms with Crippen LogP contribution in [0.4, 0.5) is 5.69 Å². The SMILES string of the molecule is COc1ccc(N2C(=O)CCC2=O)cc1S(=O)(=O)NCCS(C)(=O)=O. The van der Waals surface area contributed by atoms with Crippen molar-refractivity contribution in [3.63, 3.8) is 0 Å². The second-order valence-electron chi connectivity index (χ2n) is 5.49. The summed E-state index contributed by atoms with van der Waals surface area (Å²) in [6, 6.07) is 3.90. The van der Waals surface area contributed by atoms with E-state index in [1.807, 2.05) is 0 Å². The number of imide groups is 1. The van der Waals surface area contributed by atoms with Gasteiger partial charge in [-0.1, -0.05) is 0 Å². The van der Waals surface area contributed by atoms with E-state index in [-0.39, 0.29) is 41.5 Å². The number of nitrogens with one attached hydrogen (secondary N) is 1. The third kappa shape index (κ3) is 4.55. The molecule has 0 unspecified atom stereocenters. The molecule has 0 saturated carbocycles. The van der Waals surface area contributed by atoms with Crippen molar-refractivity contribution in [1.29, 1.82) is 0 Å². The number of carbonyl (C=O) groups is 2. The van der Waals surface area contributed by atoms with E-state index in [4.69, 9.17) is 4.74 Å². The molecule has 0 spiro atoms. The van der Waals surface area contributed by atoms with Crippen LogP contribution in [-0.2, 0) is 29.4 Å². The third-order valence-electron chi connectivity index (χ3n) is 3.51. The van der Waals surface area contributed by atoms with Gasteiger partial charge in [-0.25, -0.2) is 21.6 Å². The van der Waals surface area contributed by atoms with Crippen molar-refractivity contribution in [2.45, 2.75) is 17.7 Å². The van der Waals surface area contributed by atoms with Crippen molar-refractivity contribution in [2.75, 3.05) is 30.6 Å². The maximum absolute atomic E-state index is 12.5. The minimum Gasteiger partial charge on any atom is -0.495 e. The number of benzene rings is 1. The average molecular weight is 390 g/mol. The lowest BCUT2D eigenvalue weighted by atomic mass is 10.2. The summed E-state index contributed by atoms with van der Waals surface area (Å²) in [6.07, 6.45) is 1.13. The van der Waals surface area contributed by atoms with E-state index in [2.05, 4.69) is 4.72 Å². The Hall–Kier alpha value is -1.98. The van der Waals surface area contributed by atoms with Gasteiger partial charge in [0.15, 0.2) is 0 Å². The van der Waals surface area contributed by atoms with E-state index in [1.54, 1.807) is 0 Å². The van der Waals surface area contributed by atoms with Crippen molar-refractivity contribution in [3.05, 3.63) is 18.2 Å². The average Bonchev–Trinajstić information content (AvgIpc) is 2.84. The van der Waals surface area contributed by atoms with E-state index in [0.717, 1.165) is 17.2 Å².